The standard InChI is InChI=1S/C22H23N3O5S.ClH/c1-2-30-20(27)16-8-10-17(11-9-16)23-21(28)25-13-12-24(22(29)31)18(19(25)26)14-15-6-4-3-5-7-15;/h3-11,18H,2,12-14H2,1H3,(H,23,28)(H,29,31);1H/t18-;/m0./s1. The first-order valence-corrected chi connectivity index (χ1v) is 10.3. The van der Waals surface area contributed by atoms with E-state index in [9.17, 15) is 19.2 Å². The third-order valence-electron chi connectivity index (χ3n) is 4.90. The molecule has 0 aliphatic carbocycles. The number of carbonyl (C=O) groups excluding carboxylic acids is 4. The Bertz CT molecular complexity index is 971. The van der Waals surface area contributed by atoms with Crippen LogP contribution in [0.1, 0.15) is 22.8 Å². The van der Waals surface area contributed by atoms with E-state index in [1.54, 1.807) is 19.1 Å². The molecule has 2 aromatic carbocycles. The second-order valence-electron chi connectivity index (χ2n) is 6.90. The molecule has 1 fully saturated rings. The van der Waals surface area contributed by atoms with Crippen LogP contribution in [0, 0.1) is 0 Å². The number of amides is 4. The SMILES string of the molecule is CCOC(=O)c1ccc(NC(=O)N2CCN(C(=O)S)[C@@H](Cc3ccccc3)C2=O)cc1.Cl. The van der Waals surface area contributed by atoms with Gasteiger partial charge in [-0.05, 0) is 36.8 Å². The molecule has 170 valence electrons. The van der Waals surface area contributed by atoms with E-state index in [0.29, 0.717) is 11.3 Å². The van der Waals surface area contributed by atoms with E-state index in [2.05, 4.69) is 17.9 Å². The molecule has 0 radical (unpaired) electrons. The molecular weight excluding hydrogens is 454 g/mol. The maximum atomic E-state index is 13.1. The minimum absolute atomic E-state index is 0. The highest BCUT2D eigenvalue weighted by molar-refractivity contribution is 7.96. The highest BCUT2D eigenvalue weighted by Crippen LogP contribution is 2.20. The van der Waals surface area contributed by atoms with Gasteiger partial charge in [0.05, 0.1) is 12.2 Å². The zero-order chi connectivity index (χ0) is 22.4. The Kier molecular flexibility index (Phi) is 9.10. The second kappa shape index (κ2) is 11.5. The van der Waals surface area contributed by atoms with Gasteiger partial charge in [0.15, 0.2) is 0 Å². The average Bonchev–Trinajstić information content (AvgIpc) is 2.76. The van der Waals surface area contributed by atoms with E-state index in [1.165, 1.54) is 17.0 Å². The molecule has 8 nitrogen and oxygen atoms in total. The summed E-state index contributed by atoms with van der Waals surface area (Å²) in [6.45, 7) is 2.24. The number of hydrogen-bond acceptors (Lipinski definition) is 5. The molecule has 0 bridgehead atoms. The topological polar surface area (TPSA) is 96.0 Å². The molecule has 1 heterocycles. The van der Waals surface area contributed by atoms with Gasteiger partial charge in [0.2, 0.25) is 0 Å². The Hall–Kier alpha value is -3.04. The van der Waals surface area contributed by atoms with Crippen LogP contribution in [0.2, 0.25) is 0 Å². The number of halogens is 1. The van der Waals surface area contributed by atoms with Crippen molar-refractivity contribution in [3.05, 3.63) is 65.7 Å². The third-order valence-corrected chi connectivity index (χ3v) is 5.16. The molecule has 0 spiro atoms. The van der Waals surface area contributed by atoms with E-state index in [-0.39, 0.29) is 38.5 Å². The molecule has 2 aromatic rings. The van der Waals surface area contributed by atoms with Gasteiger partial charge in [0.1, 0.15) is 6.04 Å². The van der Waals surface area contributed by atoms with Crippen LogP contribution in [0.25, 0.3) is 0 Å². The molecule has 10 heteroatoms. The number of ether oxygens (including phenoxy) is 1. The number of piperazine rings is 1. The summed E-state index contributed by atoms with van der Waals surface area (Å²) >= 11 is 3.89. The number of nitrogens with one attached hydrogen (secondary N) is 1. The van der Waals surface area contributed by atoms with Crippen LogP contribution in [0.15, 0.2) is 54.6 Å². The first-order chi connectivity index (χ1) is 14.9. The summed E-state index contributed by atoms with van der Waals surface area (Å²) < 4.78 is 4.93. The summed E-state index contributed by atoms with van der Waals surface area (Å²) in [4.78, 5) is 52.0. The first kappa shape index (κ1) is 25.2. The lowest BCUT2D eigenvalue weighted by atomic mass is 10.0. The van der Waals surface area contributed by atoms with Crippen molar-refractivity contribution in [2.75, 3.05) is 25.0 Å². The van der Waals surface area contributed by atoms with Crippen LogP contribution >= 0.6 is 25.0 Å². The van der Waals surface area contributed by atoms with Crippen LogP contribution in [0.3, 0.4) is 0 Å². The molecule has 32 heavy (non-hydrogen) atoms. The lowest BCUT2D eigenvalue weighted by molar-refractivity contribution is -0.135. The Morgan fingerprint density at radius 2 is 1.72 bits per heavy atom. The summed E-state index contributed by atoms with van der Waals surface area (Å²) in [5, 5.41) is 2.15. The highest BCUT2D eigenvalue weighted by atomic mass is 35.5. The van der Waals surface area contributed by atoms with Crippen LogP contribution < -0.4 is 5.32 Å². The number of imide groups is 1. The monoisotopic (exact) mass is 477 g/mol. The third kappa shape index (κ3) is 6.02. The maximum Gasteiger partial charge on any atom is 0.338 e. The minimum atomic E-state index is -0.821. The highest BCUT2D eigenvalue weighted by Gasteiger charge is 2.39. The molecule has 1 aliphatic heterocycles. The van der Waals surface area contributed by atoms with Crippen molar-refractivity contribution < 1.29 is 23.9 Å². The fourth-order valence-corrected chi connectivity index (χ4v) is 3.59. The largest absolute Gasteiger partial charge is 0.462 e. The zero-order valence-electron chi connectivity index (χ0n) is 17.4. The van der Waals surface area contributed by atoms with Crippen molar-refractivity contribution in [2.45, 2.75) is 19.4 Å². The molecule has 1 N–H and O–H groups in total. The van der Waals surface area contributed by atoms with Gasteiger partial charge in [-0.25, -0.2) is 9.59 Å². The van der Waals surface area contributed by atoms with Crippen LogP contribution in [0.5, 0.6) is 0 Å². The predicted octanol–water partition coefficient (Wildman–Crippen LogP) is 3.62. The maximum absolute atomic E-state index is 13.1. The number of thiol groups is 1. The van der Waals surface area contributed by atoms with E-state index >= 15 is 0 Å². The predicted molar refractivity (Wildman–Crippen MR) is 125 cm³/mol. The quantitative estimate of drug-likeness (QED) is 0.506. The number of rotatable bonds is 5. The van der Waals surface area contributed by atoms with Crippen molar-refractivity contribution in [2.24, 2.45) is 0 Å². The average molecular weight is 478 g/mol. The lowest BCUT2D eigenvalue weighted by Crippen LogP contribution is -2.60. The molecule has 1 saturated heterocycles. The Morgan fingerprint density at radius 3 is 2.31 bits per heavy atom. The fourth-order valence-electron chi connectivity index (χ4n) is 3.35. The summed E-state index contributed by atoms with van der Waals surface area (Å²) in [7, 11) is 0. The molecule has 0 unspecified atom stereocenters. The summed E-state index contributed by atoms with van der Waals surface area (Å²) in [6.07, 6.45) is 0.282. The summed E-state index contributed by atoms with van der Waals surface area (Å²) in [6, 6.07) is 14.0. The van der Waals surface area contributed by atoms with Gasteiger partial charge < -0.3 is 15.0 Å². The lowest BCUT2D eigenvalue weighted by Gasteiger charge is -2.38. The van der Waals surface area contributed by atoms with E-state index in [0.717, 1.165) is 10.5 Å². The van der Waals surface area contributed by atoms with Gasteiger partial charge in [-0.2, -0.15) is 0 Å². The smallest absolute Gasteiger partial charge is 0.338 e. The van der Waals surface area contributed by atoms with Gasteiger partial charge in [0, 0.05) is 25.2 Å². The number of benzene rings is 2. The number of anilines is 1. The number of esters is 1. The summed E-state index contributed by atoms with van der Waals surface area (Å²) in [5.41, 5.74) is 1.66. The van der Waals surface area contributed by atoms with E-state index < -0.39 is 29.2 Å². The van der Waals surface area contributed by atoms with Crippen molar-refractivity contribution >= 4 is 53.9 Å². The van der Waals surface area contributed by atoms with E-state index in [4.69, 9.17) is 4.74 Å². The molecule has 4 amide bonds. The van der Waals surface area contributed by atoms with Crippen molar-refractivity contribution in [3.8, 4) is 0 Å². The number of urea groups is 1. The Labute approximate surface area is 197 Å². The van der Waals surface area contributed by atoms with Crippen LogP contribution in [-0.4, -0.2) is 58.7 Å². The van der Waals surface area contributed by atoms with Gasteiger partial charge in [-0.3, -0.25) is 14.5 Å². The number of hydrogen-bond donors (Lipinski definition) is 2. The first-order valence-electron chi connectivity index (χ1n) is 9.83. The van der Waals surface area contributed by atoms with Crippen molar-refractivity contribution in [1.29, 1.82) is 0 Å². The normalized spacial score (nSPS) is 15.6. The zero-order valence-corrected chi connectivity index (χ0v) is 19.1. The van der Waals surface area contributed by atoms with Crippen molar-refractivity contribution in [3.63, 3.8) is 0 Å². The summed E-state index contributed by atoms with van der Waals surface area (Å²) in [5.74, 6) is -0.926. The molecule has 1 atom stereocenters. The van der Waals surface area contributed by atoms with E-state index in [1.807, 2.05) is 30.3 Å². The Balaban J connectivity index is 0.00000363. The molecular formula is C22H24ClN3O5S. The van der Waals surface area contributed by atoms with Gasteiger partial charge in [-0.15, -0.1) is 12.4 Å². The van der Waals surface area contributed by atoms with Gasteiger partial charge >= 0.3 is 12.0 Å². The molecule has 1 aliphatic rings. The second-order valence-corrected chi connectivity index (χ2v) is 7.28. The Morgan fingerprint density at radius 1 is 1.06 bits per heavy atom. The number of carbonyl (C=O) groups is 4. The van der Waals surface area contributed by atoms with Crippen LogP contribution in [-0.2, 0) is 16.0 Å². The van der Waals surface area contributed by atoms with Crippen molar-refractivity contribution in [1.82, 2.24) is 9.80 Å². The molecule has 3 rings (SSSR count). The van der Waals surface area contributed by atoms with Crippen LogP contribution in [0.4, 0.5) is 15.3 Å². The number of nitrogens with zero attached hydrogens (tertiary/aromatic N) is 2. The minimum Gasteiger partial charge on any atom is -0.462 e. The fraction of sp³-hybridized carbons (Fsp3) is 0.273. The van der Waals surface area contributed by atoms with Gasteiger partial charge in [-0.1, -0.05) is 43.0 Å². The molecule has 0 aromatic heterocycles. The molecule has 0 saturated carbocycles. The van der Waals surface area contributed by atoms with Gasteiger partial charge in [0.25, 0.3) is 11.1 Å².